The van der Waals surface area contributed by atoms with Gasteiger partial charge in [-0.3, -0.25) is 4.79 Å². The number of nitrogens with one attached hydrogen (secondary N) is 2. The minimum atomic E-state index is 0. The summed E-state index contributed by atoms with van der Waals surface area (Å²) in [6.07, 6.45) is 3.92. The first-order chi connectivity index (χ1) is 14.6. The van der Waals surface area contributed by atoms with Gasteiger partial charge < -0.3 is 20.4 Å². The number of rotatable bonds is 7. The van der Waals surface area contributed by atoms with E-state index in [0.717, 1.165) is 36.3 Å². The molecule has 31 heavy (non-hydrogen) atoms. The van der Waals surface area contributed by atoms with E-state index in [9.17, 15) is 4.79 Å². The Labute approximate surface area is 204 Å². The zero-order chi connectivity index (χ0) is 21.3. The maximum absolute atomic E-state index is 12.6. The fraction of sp³-hybridized carbons (Fsp3) is 0.550. The summed E-state index contributed by atoms with van der Waals surface area (Å²) in [5.41, 5.74) is 1.06. The van der Waals surface area contributed by atoms with Crippen molar-refractivity contribution in [3.63, 3.8) is 0 Å². The molecule has 0 atom stereocenters. The van der Waals surface area contributed by atoms with E-state index in [0.29, 0.717) is 38.6 Å². The number of carbonyl (C=O) groups is 1. The molecule has 0 aliphatic carbocycles. The highest BCUT2D eigenvalue weighted by molar-refractivity contribution is 14.0. The Kier molecular flexibility index (Phi) is 10.4. The smallest absolute Gasteiger partial charge is 0.225 e. The molecule has 3 rings (SSSR count). The average Bonchev–Trinajstić information content (AvgIpc) is 3.10. The zero-order valence-corrected chi connectivity index (χ0v) is 21.4. The van der Waals surface area contributed by atoms with Crippen molar-refractivity contribution < 1.29 is 4.79 Å². The molecule has 11 heteroatoms. The molecule has 1 amide bonds. The third-order valence-corrected chi connectivity index (χ3v) is 5.95. The van der Waals surface area contributed by atoms with E-state index in [2.05, 4.69) is 42.4 Å². The molecular weight excluding hydrogens is 527 g/mol. The average molecular weight is 558 g/mol. The van der Waals surface area contributed by atoms with Crippen LogP contribution in [0.3, 0.4) is 0 Å². The topological polar surface area (TPSA) is 98.6 Å². The molecule has 1 aliphatic rings. The van der Waals surface area contributed by atoms with Crippen molar-refractivity contribution >= 4 is 53.1 Å². The maximum atomic E-state index is 12.6. The number of halogens is 1. The summed E-state index contributed by atoms with van der Waals surface area (Å²) in [5.74, 6) is 1.59. The zero-order valence-electron chi connectivity index (χ0n) is 18.3. The Morgan fingerprint density at radius 2 is 1.87 bits per heavy atom. The van der Waals surface area contributed by atoms with E-state index >= 15 is 0 Å². The number of aliphatic imine (C=N–C) groups is 1. The van der Waals surface area contributed by atoms with Crippen molar-refractivity contribution in [3.8, 4) is 0 Å². The molecule has 1 saturated heterocycles. The number of carbonyl (C=O) groups excluding carboxylic acids is 1. The van der Waals surface area contributed by atoms with Crippen LogP contribution in [0, 0.1) is 13.8 Å². The van der Waals surface area contributed by atoms with E-state index in [-0.39, 0.29) is 29.9 Å². The van der Waals surface area contributed by atoms with E-state index < -0.39 is 0 Å². The minimum absolute atomic E-state index is 0. The number of hydrogen-bond acceptors (Lipinski definition) is 7. The second-order valence-corrected chi connectivity index (χ2v) is 8.33. The number of anilines is 1. The SMILES string of the molecule is CCNC(=NCc1nc(C)c(C)s1)NCCC(=O)N1CCN(c2ncccn2)CC1.I. The maximum Gasteiger partial charge on any atom is 0.225 e. The van der Waals surface area contributed by atoms with Crippen molar-refractivity contribution in [2.24, 2.45) is 4.99 Å². The van der Waals surface area contributed by atoms with Gasteiger partial charge in [-0.1, -0.05) is 0 Å². The van der Waals surface area contributed by atoms with Crippen molar-refractivity contribution in [2.75, 3.05) is 44.2 Å². The molecule has 3 heterocycles. The number of guanidine groups is 1. The van der Waals surface area contributed by atoms with Gasteiger partial charge >= 0.3 is 0 Å². The first kappa shape index (κ1) is 25.2. The lowest BCUT2D eigenvalue weighted by molar-refractivity contribution is -0.131. The van der Waals surface area contributed by atoms with Crippen LogP contribution in [0.1, 0.15) is 28.9 Å². The second kappa shape index (κ2) is 12.7. The lowest BCUT2D eigenvalue weighted by Gasteiger charge is -2.34. The third-order valence-electron chi connectivity index (χ3n) is 4.89. The Hall–Kier alpha value is -2.02. The fourth-order valence-corrected chi connectivity index (χ4v) is 4.01. The van der Waals surface area contributed by atoms with Crippen molar-refractivity contribution in [2.45, 2.75) is 33.7 Å². The van der Waals surface area contributed by atoms with Crippen molar-refractivity contribution in [3.05, 3.63) is 34.0 Å². The minimum Gasteiger partial charge on any atom is -0.357 e. The van der Waals surface area contributed by atoms with Crippen molar-refractivity contribution in [1.82, 2.24) is 30.5 Å². The Balaban J connectivity index is 0.00000341. The number of amides is 1. The molecule has 2 aromatic rings. The van der Waals surface area contributed by atoms with Crippen LogP contribution in [0.15, 0.2) is 23.5 Å². The van der Waals surface area contributed by atoms with Crippen molar-refractivity contribution in [1.29, 1.82) is 0 Å². The molecule has 170 valence electrons. The van der Waals surface area contributed by atoms with Gasteiger partial charge in [0.15, 0.2) is 5.96 Å². The van der Waals surface area contributed by atoms with Gasteiger partial charge in [-0.05, 0) is 26.8 Å². The van der Waals surface area contributed by atoms with Gasteiger partial charge in [0, 0.05) is 63.0 Å². The summed E-state index contributed by atoms with van der Waals surface area (Å²) >= 11 is 1.67. The number of nitrogens with zero attached hydrogens (tertiary/aromatic N) is 6. The number of aryl methyl sites for hydroxylation is 2. The molecule has 2 aromatic heterocycles. The van der Waals surface area contributed by atoms with Gasteiger partial charge in [0.25, 0.3) is 0 Å². The van der Waals surface area contributed by atoms with Gasteiger partial charge in [0.1, 0.15) is 5.01 Å². The first-order valence-electron chi connectivity index (χ1n) is 10.3. The van der Waals surface area contributed by atoms with Crippen LogP contribution >= 0.6 is 35.3 Å². The lowest BCUT2D eigenvalue weighted by Crippen LogP contribution is -2.50. The summed E-state index contributed by atoms with van der Waals surface area (Å²) in [5, 5.41) is 7.48. The number of hydrogen-bond donors (Lipinski definition) is 2. The van der Waals surface area contributed by atoms with Crippen LogP contribution in [0.5, 0.6) is 0 Å². The summed E-state index contributed by atoms with van der Waals surface area (Å²) < 4.78 is 0. The fourth-order valence-electron chi connectivity index (χ4n) is 3.15. The quantitative estimate of drug-likeness (QED) is 0.305. The Bertz CT molecular complexity index is 833. The van der Waals surface area contributed by atoms with E-state index in [1.807, 2.05) is 18.7 Å². The van der Waals surface area contributed by atoms with Gasteiger partial charge in [0.05, 0.1) is 12.2 Å². The van der Waals surface area contributed by atoms with Gasteiger partial charge in [-0.2, -0.15) is 0 Å². The summed E-state index contributed by atoms with van der Waals surface area (Å²) in [6.45, 7) is 10.8. The normalized spacial score (nSPS) is 14.2. The number of piperazine rings is 1. The number of thiazole rings is 1. The molecule has 1 aliphatic heterocycles. The van der Waals surface area contributed by atoms with E-state index in [1.54, 1.807) is 29.8 Å². The first-order valence-corrected chi connectivity index (χ1v) is 11.1. The van der Waals surface area contributed by atoms with Crippen LogP contribution in [0.4, 0.5) is 5.95 Å². The molecular formula is C20H31IN8OS. The number of aromatic nitrogens is 3. The third kappa shape index (κ3) is 7.56. The van der Waals surface area contributed by atoms with Gasteiger partial charge in [-0.25, -0.2) is 19.9 Å². The molecule has 9 nitrogen and oxygen atoms in total. The van der Waals surface area contributed by atoms with Crippen LogP contribution in [-0.2, 0) is 11.3 Å². The van der Waals surface area contributed by atoms with Crippen LogP contribution in [0.25, 0.3) is 0 Å². The lowest BCUT2D eigenvalue weighted by atomic mass is 10.3. The standard InChI is InChI=1S/C20H30N8OS.HI/c1-4-21-19(25-14-17-26-15(2)16(3)30-17)22-9-6-18(29)27-10-12-28(13-11-27)20-23-7-5-8-24-20;/h5,7-8H,4,6,9-14H2,1-3H3,(H2,21,22,25);1H. The van der Waals surface area contributed by atoms with E-state index in [1.165, 1.54) is 4.88 Å². The molecule has 0 spiro atoms. The second-order valence-electron chi connectivity index (χ2n) is 7.04. The van der Waals surface area contributed by atoms with Crippen LogP contribution in [-0.4, -0.2) is 71.0 Å². The van der Waals surface area contributed by atoms with E-state index in [4.69, 9.17) is 0 Å². The molecule has 1 fully saturated rings. The molecule has 0 saturated carbocycles. The van der Waals surface area contributed by atoms with Gasteiger partial charge in [0.2, 0.25) is 11.9 Å². The highest BCUT2D eigenvalue weighted by Gasteiger charge is 2.22. The molecule has 0 radical (unpaired) electrons. The monoisotopic (exact) mass is 558 g/mol. The summed E-state index contributed by atoms with van der Waals surface area (Å²) in [6, 6.07) is 1.81. The molecule has 2 N–H and O–H groups in total. The highest BCUT2D eigenvalue weighted by Crippen LogP contribution is 2.17. The van der Waals surface area contributed by atoms with Gasteiger partial charge in [-0.15, -0.1) is 35.3 Å². The summed E-state index contributed by atoms with van der Waals surface area (Å²) in [4.78, 5) is 35.5. The molecule has 0 bridgehead atoms. The highest BCUT2D eigenvalue weighted by atomic mass is 127. The van der Waals surface area contributed by atoms with Crippen LogP contribution in [0.2, 0.25) is 0 Å². The predicted molar refractivity (Wildman–Crippen MR) is 135 cm³/mol. The summed E-state index contributed by atoms with van der Waals surface area (Å²) in [7, 11) is 0. The molecule has 0 aromatic carbocycles. The molecule has 0 unspecified atom stereocenters. The van der Waals surface area contributed by atoms with Crippen LogP contribution < -0.4 is 15.5 Å². The predicted octanol–water partition coefficient (Wildman–Crippen LogP) is 1.96. The Morgan fingerprint density at radius 1 is 1.16 bits per heavy atom. The largest absolute Gasteiger partial charge is 0.357 e. The Morgan fingerprint density at radius 3 is 2.48 bits per heavy atom.